The van der Waals surface area contributed by atoms with E-state index in [2.05, 4.69) is 246 Å². The molecule has 8 aromatic rings. The van der Waals surface area contributed by atoms with Gasteiger partial charge in [0.25, 0.3) is 0 Å². The molecule has 0 saturated carbocycles. The second-order valence-corrected chi connectivity index (χ2v) is 19.3. The molecule has 4 aliphatic carbocycles. The van der Waals surface area contributed by atoms with Crippen LogP contribution in [-0.2, 0) is 16.2 Å². The van der Waals surface area contributed by atoms with E-state index in [9.17, 15) is 0 Å². The molecule has 12 rings (SSSR count). The van der Waals surface area contributed by atoms with Crippen molar-refractivity contribution in [1.82, 2.24) is 0 Å². The molecule has 63 heavy (non-hydrogen) atoms. The number of hydrogen-bond donors (Lipinski definition) is 0. The van der Waals surface area contributed by atoms with Gasteiger partial charge in [0, 0.05) is 33.8 Å². The van der Waals surface area contributed by atoms with Crippen LogP contribution in [0, 0.1) is 11.8 Å². The molecule has 0 N–H and O–H groups in total. The van der Waals surface area contributed by atoms with E-state index < -0.39 is 0 Å². The molecule has 1 nitrogen and oxygen atoms in total. The van der Waals surface area contributed by atoms with Crippen LogP contribution >= 0.6 is 0 Å². The molecule has 1 heteroatoms. The molecular weight excluding hydrogens is 759 g/mol. The van der Waals surface area contributed by atoms with E-state index in [-0.39, 0.29) is 22.2 Å². The van der Waals surface area contributed by atoms with Crippen LogP contribution in [0.1, 0.15) is 84.7 Å². The number of rotatable bonds is 5. The van der Waals surface area contributed by atoms with Crippen LogP contribution in [0.2, 0.25) is 0 Å². The molecule has 304 valence electrons. The highest BCUT2D eigenvalue weighted by atomic mass is 15.1. The predicted octanol–water partition coefficient (Wildman–Crippen LogP) is 15.8. The average molecular weight is 810 g/mol. The highest BCUT2D eigenvalue weighted by Crippen LogP contribution is 2.67. The third kappa shape index (κ3) is 5.29. The molecule has 0 aromatic heterocycles. The summed E-state index contributed by atoms with van der Waals surface area (Å²) in [4.78, 5) is 2.44. The lowest BCUT2D eigenvalue weighted by Crippen LogP contribution is -2.45. The summed E-state index contributed by atoms with van der Waals surface area (Å²) in [7, 11) is 0. The zero-order chi connectivity index (χ0) is 42.7. The van der Waals surface area contributed by atoms with E-state index >= 15 is 0 Å². The van der Waals surface area contributed by atoms with Crippen LogP contribution < -0.4 is 4.90 Å². The Balaban J connectivity index is 1.01. The molecular formula is C62H51N. The number of anilines is 3. The molecule has 1 spiro atoms. The van der Waals surface area contributed by atoms with E-state index in [0.717, 1.165) is 17.1 Å². The van der Waals surface area contributed by atoms with Crippen molar-refractivity contribution < 1.29 is 0 Å². The predicted molar refractivity (Wildman–Crippen MR) is 264 cm³/mol. The maximum Gasteiger partial charge on any atom is 0.0537 e. The number of allylic oxidation sites excluding steroid dienone is 4. The summed E-state index contributed by atoms with van der Waals surface area (Å²) in [5.41, 5.74) is 23.4. The first-order chi connectivity index (χ1) is 30.7. The van der Waals surface area contributed by atoms with Crippen LogP contribution in [0.4, 0.5) is 17.1 Å². The molecule has 0 saturated heterocycles. The number of nitrogens with zero attached hydrogens (tertiary/aromatic N) is 1. The number of hydrogen-bond acceptors (Lipinski definition) is 1. The quantitative estimate of drug-likeness (QED) is 0.167. The van der Waals surface area contributed by atoms with Gasteiger partial charge in [-0.25, -0.2) is 0 Å². The molecule has 0 heterocycles. The number of fused-ring (bicyclic) bond motifs is 12. The minimum absolute atomic E-state index is 0.104. The van der Waals surface area contributed by atoms with Crippen molar-refractivity contribution in [3.8, 4) is 22.3 Å². The van der Waals surface area contributed by atoms with Crippen LogP contribution in [0.15, 0.2) is 206 Å². The molecule has 8 aromatic carbocycles. The van der Waals surface area contributed by atoms with Gasteiger partial charge in [0.1, 0.15) is 0 Å². The van der Waals surface area contributed by atoms with Gasteiger partial charge >= 0.3 is 0 Å². The molecule has 0 bridgehead atoms. The minimum atomic E-state index is -0.312. The van der Waals surface area contributed by atoms with Crippen LogP contribution in [0.3, 0.4) is 0 Å². The largest absolute Gasteiger partial charge is 0.310 e. The van der Waals surface area contributed by atoms with Crippen molar-refractivity contribution in [3.05, 3.63) is 256 Å². The molecule has 0 aliphatic heterocycles. The maximum atomic E-state index is 2.49. The van der Waals surface area contributed by atoms with Crippen molar-refractivity contribution in [2.75, 3.05) is 4.90 Å². The lowest BCUT2D eigenvalue weighted by Gasteiger charge is -2.50. The monoisotopic (exact) mass is 809 g/mol. The van der Waals surface area contributed by atoms with Crippen LogP contribution in [0.25, 0.3) is 33.4 Å². The van der Waals surface area contributed by atoms with Crippen molar-refractivity contribution >= 4 is 28.2 Å². The maximum absolute atomic E-state index is 2.49. The van der Waals surface area contributed by atoms with Crippen molar-refractivity contribution in [2.45, 2.75) is 50.9 Å². The fourth-order valence-electron chi connectivity index (χ4n) is 12.4. The van der Waals surface area contributed by atoms with E-state index in [4.69, 9.17) is 0 Å². The zero-order valence-corrected chi connectivity index (χ0v) is 36.7. The lowest BCUT2D eigenvalue weighted by atomic mass is 9.52. The topological polar surface area (TPSA) is 3.24 Å². The highest BCUT2D eigenvalue weighted by Gasteiger charge is 2.59. The van der Waals surface area contributed by atoms with Gasteiger partial charge < -0.3 is 4.90 Å². The summed E-state index contributed by atoms with van der Waals surface area (Å²) >= 11 is 0. The highest BCUT2D eigenvalue weighted by molar-refractivity contribution is 6.03. The Morgan fingerprint density at radius 2 is 0.841 bits per heavy atom. The van der Waals surface area contributed by atoms with Crippen molar-refractivity contribution in [2.24, 2.45) is 11.8 Å². The molecule has 2 unspecified atom stereocenters. The summed E-state index contributed by atoms with van der Waals surface area (Å²) in [5, 5.41) is 0. The van der Waals surface area contributed by atoms with Crippen LogP contribution in [-0.4, -0.2) is 0 Å². The first-order valence-corrected chi connectivity index (χ1v) is 22.7. The minimum Gasteiger partial charge on any atom is -0.310 e. The summed E-state index contributed by atoms with van der Waals surface area (Å²) in [6.45, 7) is 12.0. The zero-order valence-electron chi connectivity index (χ0n) is 36.7. The second-order valence-electron chi connectivity index (χ2n) is 19.3. The Morgan fingerprint density at radius 3 is 1.48 bits per heavy atom. The second kappa shape index (κ2) is 13.8. The Bertz CT molecular complexity index is 3130. The Hall–Kier alpha value is -6.96. The normalized spacial score (nSPS) is 18.8. The van der Waals surface area contributed by atoms with Crippen molar-refractivity contribution in [3.63, 3.8) is 0 Å². The van der Waals surface area contributed by atoms with Gasteiger partial charge in [-0.2, -0.15) is 0 Å². The summed E-state index contributed by atoms with van der Waals surface area (Å²) in [5.74, 6) is 0.550. The van der Waals surface area contributed by atoms with E-state index in [0.29, 0.717) is 5.92 Å². The Morgan fingerprint density at radius 1 is 0.381 bits per heavy atom. The SMILES string of the molecule is CC1C=CC(c2ccc(N(c3ccc(-c4ccccc4)cc3)c3ccc4c(c3)C(C)(C)c3ccccc3-4)cc2)=C2c3ccccc3C3(c4ccccc4C(C)(C)c4ccccc43)C21. The van der Waals surface area contributed by atoms with Gasteiger partial charge in [-0.1, -0.05) is 204 Å². The fourth-order valence-corrected chi connectivity index (χ4v) is 12.4. The lowest BCUT2D eigenvalue weighted by molar-refractivity contribution is 0.376. The fraction of sp³-hybridized carbons (Fsp3) is 0.161. The average Bonchev–Trinajstić information content (AvgIpc) is 3.76. The Kier molecular flexibility index (Phi) is 8.26. The molecule has 4 aliphatic rings. The van der Waals surface area contributed by atoms with Gasteiger partial charge in [-0.15, -0.1) is 0 Å². The van der Waals surface area contributed by atoms with Gasteiger partial charge in [-0.05, 0) is 126 Å². The Labute approximate surface area is 372 Å². The number of benzene rings is 8. The van der Waals surface area contributed by atoms with Gasteiger partial charge in [0.2, 0.25) is 0 Å². The van der Waals surface area contributed by atoms with E-state index in [1.54, 1.807) is 0 Å². The first kappa shape index (κ1) is 37.8. The third-order valence-electron chi connectivity index (χ3n) is 15.3. The summed E-state index contributed by atoms with van der Waals surface area (Å²) in [6, 6.07) is 73.1. The van der Waals surface area contributed by atoms with Gasteiger partial charge in [0.15, 0.2) is 0 Å². The molecule has 0 radical (unpaired) electrons. The smallest absolute Gasteiger partial charge is 0.0537 e. The standard InChI is InChI=1S/C62H51N/c1-40-27-37-47(58-50-20-10-12-22-52(50)62(59(40)58)55-25-15-13-23-53(55)61(4,5)54-24-14-16-26-56(54)62)43-30-34-45(35-31-43)63(44-32-28-42(29-33-44)41-17-7-6-8-18-41)46-36-38-49-48-19-9-11-21-51(48)60(2,3)57(49)39-46/h6-40,59H,1-5H3. The first-order valence-electron chi connectivity index (χ1n) is 22.7. The van der Waals surface area contributed by atoms with E-state index in [1.807, 2.05) is 0 Å². The molecule has 0 amide bonds. The molecule has 0 fully saturated rings. The van der Waals surface area contributed by atoms with E-state index in [1.165, 1.54) is 83.5 Å². The third-order valence-corrected chi connectivity index (χ3v) is 15.3. The molecule has 2 atom stereocenters. The summed E-state index contributed by atoms with van der Waals surface area (Å²) < 4.78 is 0. The van der Waals surface area contributed by atoms with Crippen LogP contribution in [0.5, 0.6) is 0 Å². The summed E-state index contributed by atoms with van der Waals surface area (Å²) in [6.07, 6.45) is 4.91. The van der Waals surface area contributed by atoms with Gasteiger partial charge in [0.05, 0.1) is 5.41 Å². The van der Waals surface area contributed by atoms with Gasteiger partial charge in [-0.3, -0.25) is 0 Å². The van der Waals surface area contributed by atoms with Crippen molar-refractivity contribution in [1.29, 1.82) is 0 Å².